The molecule has 2 saturated heterocycles. The molecular weight excluding hydrogens is 775 g/mol. The first-order valence-corrected chi connectivity index (χ1v) is 19.1. The molecule has 3 aromatic heterocycles. The van der Waals surface area contributed by atoms with Gasteiger partial charge in [0, 0.05) is 29.2 Å². The van der Waals surface area contributed by atoms with Crippen LogP contribution in [0.1, 0.15) is 108 Å². The van der Waals surface area contributed by atoms with Crippen LogP contribution in [0, 0.1) is 20.8 Å². The Balaban J connectivity index is 0.000000152. The molecule has 19 nitrogen and oxygen atoms in total. The number of likely N-dealkylation sites (tertiary alicyclic amines) is 1. The van der Waals surface area contributed by atoms with E-state index in [0.29, 0.717) is 35.1 Å². The van der Waals surface area contributed by atoms with Gasteiger partial charge in [0.2, 0.25) is 11.8 Å². The van der Waals surface area contributed by atoms with Crippen molar-refractivity contribution in [3.63, 3.8) is 0 Å². The topological polar surface area (TPSA) is 260 Å². The summed E-state index contributed by atoms with van der Waals surface area (Å²) in [4.78, 5) is 49.0. The number of ether oxygens (including phenoxy) is 1. The molecule has 1 unspecified atom stereocenters. The number of carbonyl (C=O) groups is 4. The van der Waals surface area contributed by atoms with Crippen molar-refractivity contribution in [3.05, 3.63) is 124 Å². The second-order valence-electron chi connectivity index (χ2n) is 14.2. The molecule has 60 heavy (non-hydrogen) atoms. The molecule has 0 spiro atoms. The van der Waals surface area contributed by atoms with Crippen molar-refractivity contribution in [2.45, 2.75) is 58.5 Å². The van der Waals surface area contributed by atoms with Crippen LogP contribution >= 0.6 is 0 Å². The molecule has 5 heterocycles. The zero-order valence-corrected chi connectivity index (χ0v) is 33.5. The van der Waals surface area contributed by atoms with E-state index in [1.807, 2.05) is 57.2 Å². The van der Waals surface area contributed by atoms with E-state index < -0.39 is 11.8 Å². The zero-order chi connectivity index (χ0) is 42.6. The number of anilines is 3. The highest BCUT2D eigenvalue weighted by Crippen LogP contribution is 2.29. The average molecular weight is 820 g/mol. The third-order valence-electron chi connectivity index (χ3n) is 9.29. The molecule has 0 saturated carbocycles. The first-order valence-electron chi connectivity index (χ1n) is 19.1. The molecule has 0 bridgehead atoms. The van der Waals surface area contributed by atoms with E-state index in [9.17, 15) is 19.2 Å². The molecule has 1 atom stereocenters. The van der Waals surface area contributed by atoms with Gasteiger partial charge in [-0.1, -0.05) is 68.4 Å². The lowest BCUT2D eigenvalue weighted by molar-refractivity contribution is 0.0893. The molecule has 2 aliphatic heterocycles. The number of piperidine rings is 1. The molecule has 0 aliphatic carbocycles. The quantitative estimate of drug-likeness (QED) is 0.137. The van der Waals surface area contributed by atoms with E-state index in [2.05, 4.69) is 58.5 Å². The van der Waals surface area contributed by atoms with Gasteiger partial charge in [-0.3, -0.25) is 35.1 Å². The fraction of sp³-hybridized carbons (Fsp3) is 0.317. The Labute approximate surface area is 344 Å². The summed E-state index contributed by atoms with van der Waals surface area (Å²) in [6, 6.07) is 21.7. The number of nitrogens with two attached hydrogens (primary N) is 1. The molecule has 4 amide bonds. The van der Waals surface area contributed by atoms with Gasteiger partial charge in [0.1, 0.15) is 6.10 Å². The van der Waals surface area contributed by atoms with E-state index >= 15 is 0 Å². The zero-order valence-electron chi connectivity index (χ0n) is 33.5. The summed E-state index contributed by atoms with van der Waals surface area (Å²) in [5.41, 5.74) is 9.53. The Kier molecular flexibility index (Phi) is 14.2. The number of nitrogens with one attached hydrogen (secondary N) is 3. The van der Waals surface area contributed by atoms with Crippen molar-refractivity contribution in [3.8, 4) is 0 Å². The predicted octanol–water partition coefficient (Wildman–Crippen LogP) is 5.65. The van der Waals surface area contributed by atoms with Crippen LogP contribution in [0.15, 0.2) is 86.0 Å². The summed E-state index contributed by atoms with van der Waals surface area (Å²) >= 11 is 0. The predicted molar refractivity (Wildman–Crippen MR) is 216 cm³/mol. The highest BCUT2D eigenvalue weighted by atomic mass is 16.5. The first-order chi connectivity index (χ1) is 28.9. The van der Waals surface area contributed by atoms with Crippen LogP contribution < -0.4 is 21.7 Å². The summed E-state index contributed by atoms with van der Waals surface area (Å²) in [5, 5.41) is 30.2. The third-order valence-corrected chi connectivity index (χ3v) is 9.29. The fourth-order valence-electron chi connectivity index (χ4n) is 6.13. The number of nitrogens with zero attached hydrogens (tertiary/aromatic N) is 7. The highest BCUT2D eigenvalue weighted by Gasteiger charge is 2.25. The van der Waals surface area contributed by atoms with Crippen LogP contribution in [0.5, 0.6) is 0 Å². The lowest BCUT2D eigenvalue weighted by atomic mass is 9.97. The van der Waals surface area contributed by atoms with Gasteiger partial charge in [-0.15, -0.1) is 15.3 Å². The molecule has 0 radical (unpaired) electrons. The van der Waals surface area contributed by atoms with Gasteiger partial charge in [-0.25, -0.2) is 0 Å². The summed E-state index contributed by atoms with van der Waals surface area (Å²) < 4.78 is 21.3. The summed E-state index contributed by atoms with van der Waals surface area (Å²) in [6.45, 7) is 8.50. The van der Waals surface area contributed by atoms with Gasteiger partial charge in [0.15, 0.2) is 0 Å². The Morgan fingerprint density at radius 2 is 1.07 bits per heavy atom. The van der Waals surface area contributed by atoms with Crippen LogP contribution in [0.25, 0.3) is 0 Å². The standard InChI is InChI=1S/C16H20N4O2.C14H15N3O3.C11H10N4O3/c1-11-4-3-5-13(10-11)14(21)17-16-19-18-15(22-16)12-6-8-20(2)9-7-12;1-9-4-2-5-10(8-9)12(18)15-14-17-16-13(20-14)11-6-3-7-19-11;1-6-3-2-4-7(5-6)9(17)13-11-15-14-10(18-11)8(12)16/h3-5,10,12H,6-9H2,1-2H3,(H,17,19,21);2,4-5,8,11H,3,6-7H2,1H3,(H,15,17,18);2-5H,1H3,(H2,12,16)(H,13,15,17). The van der Waals surface area contributed by atoms with Crippen LogP contribution in [-0.4, -0.2) is 85.9 Å². The van der Waals surface area contributed by atoms with Crippen molar-refractivity contribution >= 4 is 41.7 Å². The summed E-state index contributed by atoms with van der Waals surface area (Å²) in [6.07, 6.45) is 3.71. The van der Waals surface area contributed by atoms with Crippen molar-refractivity contribution in [2.75, 3.05) is 42.7 Å². The van der Waals surface area contributed by atoms with Crippen LogP contribution in [-0.2, 0) is 4.74 Å². The fourth-order valence-corrected chi connectivity index (χ4v) is 6.13. The minimum absolute atomic E-state index is 0.0991. The molecule has 3 aromatic carbocycles. The maximum Gasteiger partial charge on any atom is 0.322 e. The number of amides is 4. The molecule has 5 N–H and O–H groups in total. The largest absolute Gasteiger partial charge is 0.408 e. The lowest BCUT2D eigenvalue weighted by Crippen LogP contribution is -2.29. The van der Waals surface area contributed by atoms with Crippen LogP contribution in [0.4, 0.5) is 18.0 Å². The van der Waals surface area contributed by atoms with Crippen molar-refractivity contribution in [1.29, 1.82) is 0 Å². The van der Waals surface area contributed by atoms with Gasteiger partial charge in [-0.2, -0.15) is 0 Å². The number of benzene rings is 3. The molecular formula is C41H45N11O8. The number of primary amides is 1. The van der Waals surface area contributed by atoms with Crippen LogP contribution in [0.2, 0.25) is 0 Å². The Morgan fingerprint density at radius 1 is 0.617 bits per heavy atom. The van der Waals surface area contributed by atoms with Crippen molar-refractivity contribution < 1.29 is 37.2 Å². The minimum atomic E-state index is -0.849. The molecule has 8 rings (SSSR count). The van der Waals surface area contributed by atoms with Crippen LogP contribution in [0.3, 0.4) is 0 Å². The van der Waals surface area contributed by atoms with E-state index in [1.54, 1.807) is 36.4 Å². The van der Waals surface area contributed by atoms with Gasteiger partial charge in [-0.05, 0) is 103 Å². The monoisotopic (exact) mass is 819 g/mol. The Hall–Kier alpha value is -7.12. The van der Waals surface area contributed by atoms with Gasteiger partial charge >= 0.3 is 29.8 Å². The van der Waals surface area contributed by atoms with E-state index in [1.165, 1.54) is 0 Å². The SMILES string of the molecule is Cc1cccc(C(=O)Nc2nnc(C(N)=O)o2)c1.Cc1cccc(C(=O)Nc2nnc(C3CCCO3)o2)c1.Cc1cccc(C(=O)Nc2nnc(C3CCN(C)CC3)o2)c1. The van der Waals surface area contributed by atoms with E-state index in [4.69, 9.17) is 23.7 Å². The number of rotatable bonds is 9. The smallest absolute Gasteiger partial charge is 0.322 e. The second-order valence-corrected chi connectivity index (χ2v) is 14.2. The van der Waals surface area contributed by atoms with Crippen molar-refractivity contribution in [2.24, 2.45) is 5.73 Å². The third kappa shape index (κ3) is 12.0. The Morgan fingerprint density at radius 3 is 1.50 bits per heavy atom. The second kappa shape index (κ2) is 20.0. The number of hydrogen-bond acceptors (Lipinski definition) is 15. The number of carbonyl (C=O) groups excluding carboxylic acids is 4. The number of aromatic nitrogens is 6. The van der Waals surface area contributed by atoms with E-state index in [0.717, 1.165) is 55.5 Å². The molecule has 2 fully saturated rings. The van der Waals surface area contributed by atoms with E-state index in [-0.39, 0.29) is 47.8 Å². The highest BCUT2D eigenvalue weighted by molar-refractivity contribution is 6.04. The maximum absolute atomic E-state index is 12.1. The minimum Gasteiger partial charge on any atom is -0.408 e. The number of aryl methyl sites for hydroxylation is 3. The van der Waals surface area contributed by atoms with Gasteiger partial charge < -0.3 is 28.6 Å². The lowest BCUT2D eigenvalue weighted by Gasteiger charge is -2.26. The maximum atomic E-state index is 12.1. The van der Waals surface area contributed by atoms with Crippen molar-refractivity contribution in [1.82, 2.24) is 35.5 Å². The Bertz CT molecular complexity index is 2410. The molecule has 2 aliphatic rings. The summed E-state index contributed by atoms with van der Waals surface area (Å²) in [7, 11) is 2.11. The summed E-state index contributed by atoms with van der Waals surface area (Å²) in [5.74, 6) is -0.784. The van der Waals surface area contributed by atoms with Gasteiger partial charge in [0.05, 0.1) is 0 Å². The number of hydrogen-bond donors (Lipinski definition) is 4. The molecule has 19 heteroatoms. The first kappa shape index (κ1) is 42.5. The molecule has 6 aromatic rings. The molecule has 312 valence electrons. The normalized spacial score (nSPS) is 15.2. The average Bonchev–Trinajstić information content (AvgIpc) is 4.08. The van der Waals surface area contributed by atoms with Gasteiger partial charge in [0.25, 0.3) is 17.7 Å².